The average molecular weight is 219 g/mol. The number of hydrogen-bond donors (Lipinski definition) is 0. The molecule has 0 saturated carbocycles. The number of carbonyl (C=O) groups excluding carboxylic acids is 1. The van der Waals surface area contributed by atoms with E-state index in [9.17, 15) is 4.79 Å². The molecule has 0 saturated heterocycles. The maximum Gasteiger partial charge on any atom is 0.159 e. The maximum absolute atomic E-state index is 11.0. The van der Waals surface area contributed by atoms with Crippen molar-refractivity contribution >= 4 is 17.5 Å². The van der Waals surface area contributed by atoms with Crippen LogP contribution in [0.15, 0.2) is 29.2 Å². The fourth-order valence-corrected chi connectivity index (χ4v) is 1.98. The summed E-state index contributed by atoms with van der Waals surface area (Å²) in [5.74, 6) is 1.04. The normalized spacial score (nSPS) is 9.60. The lowest BCUT2D eigenvalue weighted by atomic mass is 10.2. The summed E-state index contributed by atoms with van der Waals surface area (Å²) in [6.45, 7) is 1.56. The Labute approximate surface area is 94.3 Å². The summed E-state index contributed by atoms with van der Waals surface area (Å²) in [6.07, 6.45) is 1.52. The summed E-state index contributed by atoms with van der Waals surface area (Å²) in [4.78, 5) is 12.2. The first-order valence-corrected chi connectivity index (χ1v) is 5.83. The van der Waals surface area contributed by atoms with Crippen LogP contribution >= 0.6 is 11.8 Å². The molecule has 1 aromatic rings. The fourth-order valence-electron chi connectivity index (χ4n) is 1.13. The number of benzene rings is 1. The molecule has 0 fully saturated rings. The smallest absolute Gasteiger partial charge is 0.159 e. The number of Topliss-reactive ketones (excluding diaryl/α,β-unsaturated/α-hetero) is 1. The molecule has 0 spiro atoms. The number of rotatable bonds is 5. The zero-order chi connectivity index (χ0) is 11.1. The molecular formula is C12H13NOS. The Balaban J connectivity index is 2.43. The highest BCUT2D eigenvalue weighted by molar-refractivity contribution is 7.99. The summed E-state index contributed by atoms with van der Waals surface area (Å²) in [5.41, 5.74) is 0.747. The molecule has 0 aromatic heterocycles. The molecule has 0 heterocycles. The van der Waals surface area contributed by atoms with Gasteiger partial charge in [-0.3, -0.25) is 4.79 Å². The van der Waals surface area contributed by atoms with Crippen molar-refractivity contribution in [3.63, 3.8) is 0 Å². The van der Waals surface area contributed by atoms with Gasteiger partial charge in [0.1, 0.15) is 0 Å². The van der Waals surface area contributed by atoms with E-state index in [2.05, 4.69) is 6.07 Å². The number of ketones is 1. The van der Waals surface area contributed by atoms with E-state index in [0.29, 0.717) is 6.42 Å². The summed E-state index contributed by atoms with van der Waals surface area (Å²) < 4.78 is 0. The molecule has 3 heteroatoms. The quantitative estimate of drug-likeness (QED) is 0.433. The minimum Gasteiger partial charge on any atom is -0.295 e. The van der Waals surface area contributed by atoms with Crippen LogP contribution in [0.25, 0.3) is 0 Å². The van der Waals surface area contributed by atoms with Crippen LogP contribution in [0.4, 0.5) is 0 Å². The number of nitriles is 1. The predicted molar refractivity (Wildman–Crippen MR) is 62.0 cm³/mol. The van der Waals surface area contributed by atoms with Crippen LogP contribution in [0.2, 0.25) is 0 Å². The minimum atomic E-state index is 0.0935. The van der Waals surface area contributed by atoms with Crippen molar-refractivity contribution in [3.8, 4) is 6.07 Å². The third-order valence-electron chi connectivity index (χ3n) is 1.96. The van der Waals surface area contributed by atoms with Crippen molar-refractivity contribution in [2.45, 2.75) is 24.7 Å². The highest BCUT2D eigenvalue weighted by atomic mass is 32.2. The highest BCUT2D eigenvalue weighted by Crippen LogP contribution is 2.19. The molecule has 0 aliphatic heterocycles. The summed E-state index contributed by atoms with van der Waals surface area (Å²) in [5, 5.41) is 8.36. The van der Waals surface area contributed by atoms with Gasteiger partial charge in [0, 0.05) is 16.9 Å². The van der Waals surface area contributed by atoms with Crippen LogP contribution in [-0.2, 0) is 0 Å². The first-order valence-electron chi connectivity index (χ1n) is 4.85. The molecule has 0 radical (unpaired) electrons. The Kier molecular flexibility index (Phi) is 4.92. The van der Waals surface area contributed by atoms with Gasteiger partial charge in [-0.05, 0) is 31.2 Å². The Morgan fingerprint density at radius 2 is 2.07 bits per heavy atom. The number of hydrogen-bond acceptors (Lipinski definition) is 3. The second-order valence-corrected chi connectivity index (χ2v) is 4.36. The zero-order valence-corrected chi connectivity index (χ0v) is 9.51. The Bertz CT molecular complexity index is 364. The number of carbonyl (C=O) groups is 1. The third-order valence-corrected chi connectivity index (χ3v) is 3.06. The highest BCUT2D eigenvalue weighted by Gasteiger charge is 1.99. The van der Waals surface area contributed by atoms with Crippen molar-refractivity contribution in [1.29, 1.82) is 5.26 Å². The lowest BCUT2D eigenvalue weighted by Crippen LogP contribution is -1.90. The SMILES string of the molecule is CC(=O)c1ccc(SCCCC#N)cc1. The van der Waals surface area contributed by atoms with E-state index in [1.165, 1.54) is 0 Å². The standard InChI is InChI=1S/C12H13NOS/c1-10(14)11-4-6-12(7-5-11)15-9-3-2-8-13/h4-7H,2-3,9H2,1H3. The van der Waals surface area contributed by atoms with Crippen molar-refractivity contribution in [2.24, 2.45) is 0 Å². The van der Waals surface area contributed by atoms with Gasteiger partial charge in [-0.2, -0.15) is 5.26 Å². The van der Waals surface area contributed by atoms with E-state index < -0.39 is 0 Å². The van der Waals surface area contributed by atoms with Gasteiger partial charge in [-0.1, -0.05) is 12.1 Å². The molecule has 1 rings (SSSR count). The topological polar surface area (TPSA) is 40.9 Å². The average Bonchev–Trinajstić information content (AvgIpc) is 2.25. The predicted octanol–water partition coefficient (Wildman–Crippen LogP) is 3.29. The molecule has 0 amide bonds. The largest absolute Gasteiger partial charge is 0.295 e. The van der Waals surface area contributed by atoms with E-state index in [1.807, 2.05) is 24.3 Å². The molecule has 1 aromatic carbocycles. The van der Waals surface area contributed by atoms with Crippen LogP contribution < -0.4 is 0 Å². The summed E-state index contributed by atoms with van der Waals surface area (Å²) >= 11 is 1.72. The van der Waals surface area contributed by atoms with Gasteiger partial charge in [-0.25, -0.2) is 0 Å². The first kappa shape index (κ1) is 11.8. The van der Waals surface area contributed by atoms with Crippen LogP contribution in [0.1, 0.15) is 30.1 Å². The third kappa shape index (κ3) is 4.18. The maximum atomic E-state index is 11.0. The molecule has 0 aliphatic rings. The molecule has 0 atom stereocenters. The summed E-state index contributed by atoms with van der Waals surface area (Å²) in [7, 11) is 0. The van der Waals surface area contributed by atoms with Gasteiger partial charge in [-0.15, -0.1) is 11.8 Å². The van der Waals surface area contributed by atoms with E-state index in [1.54, 1.807) is 18.7 Å². The van der Waals surface area contributed by atoms with Crippen LogP contribution in [0, 0.1) is 11.3 Å². The molecule has 2 nitrogen and oxygen atoms in total. The lowest BCUT2D eigenvalue weighted by Gasteiger charge is -2.00. The van der Waals surface area contributed by atoms with Crippen LogP contribution in [0.3, 0.4) is 0 Å². The molecule has 78 valence electrons. The van der Waals surface area contributed by atoms with Crippen LogP contribution in [0.5, 0.6) is 0 Å². The molecular weight excluding hydrogens is 206 g/mol. The number of thioether (sulfide) groups is 1. The van der Waals surface area contributed by atoms with Gasteiger partial charge in [0.15, 0.2) is 5.78 Å². The zero-order valence-electron chi connectivity index (χ0n) is 8.69. The Hall–Kier alpha value is -1.27. The lowest BCUT2D eigenvalue weighted by molar-refractivity contribution is 0.101. The molecule has 0 unspecified atom stereocenters. The van der Waals surface area contributed by atoms with Gasteiger partial charge >= 0.3 is 0 Å². The minimum absolute atomic E-state index is 0.0935. The first-order chi connectivity index (χ1) is 7.24. The summed E-state index contributed by atoms with van der Waals surface area (Å²) in [6, 6.07) is 9.71. The molecule has 15 heavy (non-hydrogen) atoms. The van der Waals surface area contributed by atoms with Crippen LogP contribution in [-0.4, -0.2) is 11.5 Å². The van der Waals surface area contributed by atoms with E-state index in [-0.39, 0.29) is 5.78 Å². The van der Waals surface area contributed by atoms with E-state index >= 15 is 0 Å². The number of nitrogens with zero attached hydrogens (tertiary/aromatic N) is 1. The van der Waals surface area contributed by atoms with E-state index in [4.69, 9.17) is 5.26 Å². The second kappa shape index (κ2) is 6.26. The Morgan fingerprint density at radius 3 is 2.60 bits per heavy atom. The van der Waals surface area contributed by atoms with Gasteiger partial charge in [0.25, 0.3) is 0 Å². The van der Waals surface area contributed by atoms with Crippen molar-refractivity contribution < 1.29 is 4.79 Å². The van der Waals surface area contributed by atoms with Crippen molar-refractivity contribution in [2.75, 3.05) is 5.75 Å². The van der Waals surface area contributed by atoms with E-state index in [0.717, 1.165) is 22.6 Å². The van der Waals surface area contributed by atoms with Crippen molar-refractivity contribution in [1.82, 2.24) is 0 Å². The van der Waals surface area contributed by atoms with Crippen molar-refractivity contribution in [3.05, 3.63) is 29.8 Å². The molecule has 0 N–H and O–H groups in total. The second-order valence-electron chi connectivity index (χ2n) is 3.19. The molecule has 0 bridgehead atoms. The Morgan fingerprint density at radius 1 is 1.40 bits per heavy atom. The van der Waals surface area contributed by atoms with Gasteiger partial charge in [0.2, 0.25) is 0 Å². The monoisotopic (exact) mass is 219 g/mol. The fraction of sp³-hybridized carbons (Fsp3) is 0.333. The number of unbranched alkanes of at least 4 members (excludes halogenated alkanes) is 1. The molecule has 0 aliphatic carbocycles. The van der Waals surface area contributed by atoms with Gasteiger partial charge in [0.05, 0.1) is 6.07 Å². The van der Waals surface area contributed by atoms with Gasteiger partial charge < -0.3 is 0 Å².